The number of carbonyl (C=O) groups excluding carboxylic acids is 4. The molecule has 2 saturated heterocycles. The van der Waals surface area contributed by atoms with Gasteiger partial charge in [0.2, 0.25) is 23.6 Å². The molecule has 6 aliphatic rings. The van der Waals surface area contributed by atoms with E-state index in [9.17, 15) is 40.2 Å². The third-order valence-corrected chi connectivity index (χ3v) is 32.0. The van der Waals surface area contributed by atoms with Crippen LogP contribution in [0.4, 0.5) is 11.4 Å². The van der Waals surface area contributed by atoms with Gasteiger partial charge in [-0.25, -0.2) is 20.0 Å². The number of piperidine rings is 2. The number of benzene rings is 6. The molecular weight excluding hydrogens is 1780 g/mol. The number of nitriles is 4. The Balaban J connectivity index is 0.000000137. The standard InChI is InChI=1S/2C28H29N5OS.C25H24ClN5OS.C25H25N5OS/c2*1-28(24-16-22(18-35-24)21-8-6-7-19(15-21)17-29)25(26(34)32(2)27(30)31-28)20-11-13-33(14-12-20)23-9-4-3-5-10-23;1-24(2,14-27)18-7-5-15(6-8-18)21-22(32)31(4)23(28)30-25(21,3)20-10-17(13-33-20)16-9-19(26)12-29-11-16;1-15(2)17-5-7-18(8-6-17)22-23(31)30(4)24(27)29-25(22,3)21-10-20(14-32-21)19-9-16(11-26)12-28-13-19/h2*3-10,15-16,18,20,25H,11-14H2,1-2H3,(H2,30,31);5-13,21H,1-4H3,(H2,28,30);5-10,12-15,22H,1-4H3,(H2,27,29)/t25-,28+;25-,28-;21-,25+;22-,25-/m0101/s1. The van der Waals surface area contributed by atoms with Gasteiger partial charge in [-0.2, -0.15) is 21.0 Å². The molecule has 18 rings (SSSR count). The summed E-state index contributed by atoms with van der Waals surface area (Å²) in [6, 6.07) is 72.7. The third kappa shape index (κ3) is 19.5. The first-order chi connectivity index (χ1) is 64.6. The highest BCUT2D eigenvalue weighted by molar-refractivity contribution is 7.11. The molecule has 0 unspecified atom stereocenters. The molecule has 2 fully saturated rings. The molecule has 0 saturated carbocycles. The molecule has 8 N–H and O–H groups in total. The highest BCUT2D eigenvalue weighted by Gasteiger charge is 2.55. The van der Waals surface area contributed by atoms with Crippen molar-refractivity contribution < 1.29 is 19.2 Å². The normalized spacial score (nSPS) is 22.1. The zero-order valence-corrected chi connectivity index (χ0v) is 81.4. The lowest BCUT2D eigenvalue weighted by Gasteiger charge is -2.46. The molecule has 4 amide bonds. The molecule has 12 aromatic rings. The lowest BCUT2D eigenvalue weighted by atomic mass is 9.70. The number of aliphatic imine (C=N–C) groups is 4. The van der Waals surface area contributed by atoms with Crippen molar-refractivity contribution in [2.45, 2.75) is 126 Å². The number of carbonyl (C=O) groups is 4. The van der Waals surface area contributed by atoms with Crippen molar-refractivity contribution in [3.8, 4) is 68.8 Å². The van der Waals surface area contributed by atoms with E-state index in [-0.39, 0.29) is 71.1 Å². The predicted octanol–water partition coefficient (Wildman–Crippen LogP) is 19.3. The molecule has 0 aliphatic carbocycles. The van der Waals surface area contributed by atoms with Gasteiger partial charge in [-0.15, -0.1) is 45.3 Å². The van der Waals surface area contributed by atoms with Crippen LogP contribution in [0.15, 0.2) is 260 Å². The highest BCUT2D eigenvalue weighted by atomic mass is 35.5. The fourth-order valence-electron chi connectivity index (χ4n) is 19.1. The molecule has 0 bridgehead atoms. The minimum absolute atomic E-state index is 0.0413. The van der Waals surface area contributed by atoms with Gasteiger partial charge in [0.1, 0.15) is 28.2 Å². The number of para-hydroxylation sites is 2. The van der Waals surface area contributed by atoms with Crippen LogP contribution in [0.5, 0.6) is 0 Å². The molecule has 6 aromatic heterocycles. The molecule has 6 aliphatic heterocycles. The quantitative estimate of drug-likeness (QED) is 0.0698. The largest absolute Gasteiger partial charge is 0.372 e. The Morgan fingerprint density at radius 1 is 0.400 bits per heavy atom. The Hall–Kier alpha value is -14.0. The third-order valence-electron chi connectivity index (χ3n) is 27.2. The molecule has 135 heavy (non-hydrogen) atoms. The van der Waals surface area contributed by atoms with Gasteiger partial charge in [0, 0.05) is 121 Å². The van der Waals surface area contributed by atoms with Crippen molar-refractivity contribution in [3.05, 3.63) is 304 Å². The SMILES string of the molecule is CC(C)c1ccc([C@@H]2C(=O)N(C)C(N)=N[C@]2(C)c2cc(-c3cncc(C#N)c3)cs2)cc1.CN1C(=O)[C@@H](C2CCN(c3ccccc3)CC2)[C@@](C)(c2cc(-c3cccc(C#N)c3)cs2)N=C1N.CN1C(=O)[C@H](C2CCN(c3ccccc3)CC2)[C@@](C)(c2cc(-c3cccc(C#N)c3)cs2)N=C1N.CN1C(=O)[C@H](c2ccc(C(C)(C)C#N)cc2)[C@@](C)(c2cc(-c3cncc(Cl)c3)cs2)N=C1N. The lowest BCUT2D eigenvalue weighted by Crippen LogP contribution is -2.56. The minimum atomic E-state index is -0.894. The summed E-state index contributed by atoms with van der Waals surface area (Å²) < 4.78 is 0. The van der Waals surface area contributed by atoms with Crippen molar-refractivity contribution in [1.29, 1.82) is 21.0 Å². The van der Waals surface area contributed by atoms with Gasteiger partial charge in [-0.1, -0.05) is 135 Å². The molecule has 0 radical (unpaired) electrons. The van der Waals surface area contributed by atoms with E-state index in [0.717, 1.165) is 133 Å². The Kier molecular flexibility index (Phi) is 28.1. The first-order valence-corrected chi connectivity index (χ1v) is 48.6. The van der Waals surface area contributed by atoms with E-state index < -0.39 is 39.4 Å². The fourth-order valence-corrected chi connectivity index (χ4v) is 23.5. The van der Waals surface area contributed by atoms with Crippen LogP contribution in [-0.4, -0.2) is 131 Å². The van der Waals surface area contributed by atoms with Gasteiger partial charge in [0.05, 0.1) is 69.0 Å². The van der Waals surface area contributed by atoms with E-state index in [1.807, 2.05) is 142 Å². The Labute approximate surface area is 809 Å². The number of rotatable bonds is 16. The zero-order valence-electron chi connectivity index (χ0n) is 77.4. The number of pyridine rings is 2. The van der Waals surface area contributed by atoms with E-state index in [1.54, 1.807) is 87.7 Å². The number of nitrogens with zero attached hydrogens (tertiary/aromatic N) is 16. The molecule has 29 heteroatoms. The first kappa shape index (κ1) is 95.6. The second-order valence-electron chi connectivity index (χ2n) is 36.5. The van der Waals surface area contributed by atoms with Gasteiger partial charge in [0.15, 0.2) is 23.8 Å². The van der Waals surface area contributed by atoms with Gasteiger partial charge >= 0.3 is 0 Å². The molecular formula is C106H107ClN20O4S4. The number of amides is 4. The number of aromatic nitrogens is 2. The van der Waals surface area contributed by atoms with E-state index in [2.05, 4.69) is 155 Å². The second kappa shape index (κ2) is 39.7. The van der Waals surface area contributed by atoms with Crippen LogP contribution in [0, 0.1) is 69.0 Å². The molecule has 6 aromatic carbocycles. The average Bonchev–Trinajstić information content (AvgIpc) is 1.59. The Morgan fingerprint density at radius 2 is 0.741 bits per heavy atom. The topological polar surface area (TPSA) is 362 Å². The molecule has 8 atom stereocenters. The van der Waals surface area contributed by atoms with Crippen LogP contribution in [0.2, 0.25) is 5.02 Å². The maximum atomic E-state index is 13.7. The molecule has 686 valence electrons. The number of anilines is 2. The van der Waals surface area contributed by atoms with Crippen molar-refractivity contribution in [2.75, 3.05) is 64.2 Å². The van der Waals surface area contributed by atoms with Crippen LogP contribution < -0.4 is 32.7 Å². The van der Waals surface area contributed by atoms with Crippen LogP contribution >= 0.6 is 56.9 Å². The fraction of sp³-hybridized carbons (Fsp3) is 0.302. The molecule has 0 spiro atoms. The van der Waals surface area contributed by atoms with Gasteiger partial charge < -0.3 is 32.7 Å². The summed E-state index contributed by atoms with van der Waals surface area (Å²) in [4.78, 5) is 96.6. The number of hydrogen-bond acceptors (Lipinski definition) is 24. The first-order valence-electron chi connectivity index (χ1n) is 44.7. The summed E-state index contributed by atoms with van der Waals surface area (Å²) in [5.74, 6) is -0.0376. The van der Waals surface area contributed by atoms with Crippen molar-refractivity contribution in [3.63, 3.8) is 0 Å². The van der Waals surface area contributed by atoms with Gasteiger partial charge in [-0.05, 0) is 247 Å². The number of hydrogen-bond donors (Lipinski definition) is 4. The van der Waals surface area contributed by atoms with Gasteiger partial charge in [0.25, 0.3) is 0 Å². The van der Waals surface area contributed by atoms with Gasteiger partial charge in [-0.3, -0.25) is 48.7 Å². The Morgan fingerprint density at radius 3 is 1.11 bits per heavy atom. The van der Waals surface area contributed by atoms with E-state index in [0.29, 0.717) is 27.6 Å². The molecule has 12 heterocycles. The summed E-state index contributed by atoms with van der Waals surface area (Å²) in [5, 5.41) is 46.0. The second-order valence-corrected chi connectivity index (χ2v) is 40.6. The van der Waals surface area contributed by atoms with E-state index in [4.69, 9.17) is 54.5 Å². The van der Waals surface area contributed by atoms with Crippen LogP contribution in [0.25, 0.3) is 44.5 Å². The number of likely N-dealkylation sites (N-methyl/N-ethyl adjacent to an activating group) is 2. The smallest absolute Gasteiger partial charge is 0.239 e. The number of halogens is 1. The van der Waals surface area contributed by atoms with Crippen LogP contribution in [0.3, 0.4) is 0 Å². The Bertz CT molecular complexity index is 6540. The minimum Gasteiger partial charge on any atom is -0.372 e. The maximum Gasteiger partial charge on any atom is 0.239 e. The molecule has 24 nitrogen and oxygen atoms in total. The van der Waals surface area contributed by atoms with E-state index in [1.165, 1.54) is 65.4 Å². The summed E-state index contributed by atoms with van der Waals surface area (Å²) in [6.07, 6.45) is 10.3. The summed E-state index contributed by atoms with van der Waals surface area (Å²) in [6.45, 7) is 19.7. The van der Waals surface area contributed by atoms with E-state index >= 15 is 0 Å². The number of thiophene rings is 4. The van der Waals surface area contributed by atoms with Crippen LogP contribution in [0.1, 0.15) is 157 Å². The summed E-state index contributed by atoms with van der Waals surface area (Å²) in [7, 11) is 6.74. The van der Waals surface area contributed by atoms with Crippen molar-refractivity contribution >= 4 is 116 Å². The summed E-state index contributed by atoms with van der Waals surface area (Å²) >= 11 is 12.4. The van der Waals surface area contributed by atoms with Crippen molar-refractivity contribution in [2.24, 2.45) is 66.6 Å². The zero-order chi connectivity index (χ0) is 96.2. The summed E-state index contributed by atoms with van der Waals surface area (Å²) in [5.41, 5.74) is 36.7. The average molecular weight is 1890 g/mol. The predicted molar refractivity (Wildman–Crippen MR) is 542 cm³/mol. The van der Waals surface area contributed by atoms with Crippen LogP contribution in [-0.2, 0) is 46.7 Å². The number of guanidine groups is 4. The van der Waals surface area contributed by atoms with Crippen molar-refractivity contribution in [1.82, 2.24) is 29.6 Å². The maximum absolute atomic E-state index is 13.7. The number of nitrogens with two attached hydrogens (primary N) is 4. The highest BCUT2D eigenvalue weighted by Crippen LogP contribution is 2.53. The lowest BCUT2D eigenvalue weighted by molar-refractivity contribution is -0.137. The monoisotopic (exact) mass is 1890 g/mol.